The molecule has 2 rings (SSSR count). The van der Waals surface area contributed by atoms with Gasteiger partial charge in [-0.25, -0.2) is 9.38 Å². The van der Waals surface area contributed by atoms with E-state index in [-0.39, 0.29) is 48.6 Å². The van der Waals surface area contributed by atoms with Gasteiger partial charge in [-0.3, -0.25) is 4.98 Å². The van der Waals surface area contributed by atoms with Crippen LogP contribution in [0.4, 0.5) is 4.39 Å². The lowest BCUT2D eigenvalue weighted by molar-refractivity contribution is 0.0617. The molecule has 0 saturated carbocycles. The molecule has 0 spiro atoms. The SMILES string of the molecule is CCNC(=NCc1ncccc1F)NCC(C)(O)c1ccccc1.I. The van der Waals surface area contributed by atoms with E-state index < -0.39 is 5.60 Å². The zero-order valence-corrected chi connectivity index (χ0v) is 16.7. The Kier molecular flexibility index (Phi) is 8.77. The summed E-state index contributed by atoms with van der Waals surface area (Å²) in [6.45, 7) is 4.72. The summed E-state index contributed by atoms with van der Waals surface area (Å²) in [6.07, 6.45) is 1.54. The average molecular weight is 458 g/mol. The van der Waals surface area contributed by atoms with Crippen LogP contribution in [0.3, 0.4) is 0 Å². The summed E-state index contributed by atoms with van der Waals surface area (Å²) in [6, 6.07) is 12.3. The predicted molar refractivity (Wildman–Crippen MR) is 108 cm³/mol. The highest BCUT2D eigenvalue weighted by molar-refractivity contribution is 14.0. The third kappa shape index (κ3) is 6.58. The van der Waals surface area contributed by atoms with Crippen LogP contribution in [0.5, 0.6) is 0 Å². The van der Waals surface area contributed by atoms with Crippen molar-refractivity contribution in [2.24, 2.45) is 4.99 Å². The molecule has 0 fully saturated rings. The predicted octanol–water partition coefficient (Wildman–Crippen LogP) is 2.80. The summed E-state index contributed by atoms with van der Waals surface area (Å²) in [5, 5.41) is 16.8. The summed E-state index contributed by atoms with van der Waals surface area (Å²) < 4.78 is 13.6. The molecule has 1 atom stereocenters. The second-order valence-corrected chi connectivity index (χ2v) is 5.62. The fourth-order valence-electron chi connectivity index (χ4n) is 2.19. The molecule has 1 heterocycles. The van der Waals surface area contributed by atoms with Crippen molar-refractivity contribution in [1.29, 1.82) is 0 Å². The Balaban J connectivity index is 0.00000312. The number of aromatic nitrogens is 1. The van der Waals surface area contributed by atoms with Crippen LogP contribution < -0.4 is 10.6 Å². The minimum atomic E-state index is -1.05. The van der Waals surface area contributed by atoms with Gasteiger partial charge in [-0.15, -0.1) is 24.0 Å². The molecule has 0 bridgehead atoms. The molecule has 1 aromatic heterocycles. The first-order valence-electron chi connectivity index (χ1n) is 7.92. The monoisotopic (exact) mass is 458 g/mol. The molecule has 0 aliphatic rings. The average Bonchev–Trinajstić information content (AvgIpc) is 2.59. The van der Waals surface area contributed by atoms with Gasteiger partial charge in [-0.2, -0.15) is 0 Å². The van der Waals surface area contributed by atoms with Gasteiger partial charge in [-0.1, -0.05) is 30.3 Å². The number of rotatable bonds is 6. The van der Waals surface area contributed by atoms with Gasteiger partial charge in [-0.05, 0) is 31.5 Å². The van der Waals surface area contributed by atoms with Gasteiger partial charge in [0.05, 0.1) is 18.8 Å². The summed E-state index contributed by atoms with van der Waals surface area (Å²) >= 11 is 0. The fraction of sp³-hybridized carbons (Fsp3) is 0.333. The fourth-order valence-corrected chi connectivity index (χ4v) is 2.19. The molecular formula is C18H24FIN4O. The molecule has 0 saturated heterocycles. The highest BCUT2D eigenvalue weighted by atomic mass is 127. The van der Waals surface area contributed by atoms with E-state index in [4.69, 9.17) is 0 Å². The number of nitrogens with one attached hydrogen (secondary N) is 2. The summed E-state index contributed by atoms with van der Waals surface area (Å²) in [5.41, 5.74) is 0.0434. The van der Waals surface area contributed by atoms with Crippen molar-refractivity contribution in [3.8, 4) is 0 Å². The van der Waals surface area contributed by atoms with Crippen LogP contribution >= 0.6 is 24.0 Å². The topological polar surface area (TPSA) is 69.5 Å². The Labute approximate surface area is 164 Å². The smallest absolute Gasteiger partial charge is 0.191 e. The van der Waals surface area contributed by atoms with Crippen molar-refractivity contribution < 1.29 is 9.50 Å². The van der Waals surface area contributed by atoms with Crippen LogP contribution in [0.25, 0.3) is 0 Å². The van der Waals surface area contributed by atoms with E-state index in [1.165, 1.54) is 12.3 Å². The number of aliphatic imine (C=N–C) groups is 1. The molecule has 1 unspecified atom stereocenters. The molecule has 0 amide bonds. The third-order valence-corrected chi connectivity index (χ3v) is 3.56. The number of hydrogen-bond acceptors (Lipinski definition) is 3. The van der Waals surface area contributed by atoms with Crippen LogP contribution in [0.1, 0.15) is 25.1 Å². The van der Waals surface area contributed by atoms with Gasteiger partial charge in [0.1, 0.15) is 11.4 Å². The van der Waals surface area contributed by atoms with Gasteiger partial charge in [0, 0.05) is 12.7 Å². The number of hydrogen-bond donors (Lipinski definition) is 3. The van der Waals surface area contributed by atoms with Gasteiger partial charge in [0.2, 0.25) is 0 Å². The van der Waals surface area contributed by atoms with E-state index >= 15 is 0 Å². The molecule has 0 radical (unpaired) electrons. The first-order chi connectivity index (χ1) is 11.5. The third-order valence-electron chi connectivity index (χ3n) is 3.56. The summed E-state index contributed by atoms with van der Waals surface area (Å²) in [4.78, 5) is 8.30. The Morgan fingerprint density at radius 3 is 2.56 bits per heavy atom. The number of benzene rings is 1. The van der Waals surface area contributed by atoms with E-state index in [1.54, 1.807) is 13.0 Å². The van der Waals surface area contributed by atoms with Crippen molar-refractivity contribution in [3.05, 3.63) is 65.7 Å². The number of aliphatic hydroxyl groups is 1. The van der Waals surface area contributed by atoms with E-state index in [2.05, 4.69) is 20.6 Å². The maximum Gasteiger partial charge on any atom is 0.191 e. The number of guanidine groups is 1. The Morgan fingerprint density at radius 1 is 1.20 bits per heavy atom. The van der Waals surface area contributed by atoms with Gasteiger partial charge in [0.25, 0.3) is 0 Å². The molecule has 7 heteroatoms. The minimum absolute atomic E-state index is 0. The molecule has 0 aliphatic carbocycles. The second-order valence-electron chi connectivity index (χ2n) is 5.62. The Hall–Kier alpha value is -1.74. The van der Waals surface area contributed by atoms with Gasteiger partial charge >= 0.3 is 0 Å². The molecular weight excluding hydrogens is 434 g/mol. The second kappa shape index (κ2) is 10.3. The molecule has 1 aromatic carbocycles. The van der Waals surface area contributed by atoms with Crippen molar-refractivity contribution in [1.82, 2.24) is 15.6 Å². The molecule has 25 heavy (non-hydrogen) atoms. The van der Waals surface area contributed by atoms with Crippen LogP contribution in [0.2, 0.25) is 0 Å². The number of pyridine rings is 1. The van der Waals surface area contributed by atoms with Gasteiger partial charge < -0.3 is 15.7 Å². The van der Waals surface area contributed by atoms with E-state index in [0.29, 0.717) is 12.5 Å². The normalized spacial score (nSPS) is 13.5. The molecule has 5 nitrogen and oxygen atoms in total. The lowest BCUT2D eigenvalue weighted by Crippen LogP contribution is -2.44. The quantitative estimate of drug-likeness (QED) is 0.354. The Bertz CT molecular complexity index is 680. The van der Waals surface area contributed by atoms with E-state index in [9.17, 15) is 9.50 Å². The maximum absolute atomic E-state index is 13.6. The standard InChI is InChI=1S/C18H23FN4O.HI/c1-3-20-17(22-12-16-15(19)10-7-11-21-16)23-13-18(2,24)14-8-5-4-6-9-14;/h4-11,24H,3,12-13H2,1-2H3,(H2,20,22,23);1H. The summed E-state index contributed by atoms with van der Waals surface area (Å²) in [5.74, 6) is 0.118. The lowest BCUT2D eigenvalue weighted by Gasteiger charge is -2.25. The lowest BCUT2D eigenvalue weighted by atomic mass is 9.96. The van der Waals surface area contributed by atoms with E-state index in [1.807, 2.05) is 37.3 Å². The van der Waals surface area contributed by atoms with Crippen molar-refractivity contribution in [2.75, 3.05) is 13.1 Å². The highest BCUT2D eigenvalue weighted by Gasteiger charge is 2.22. The van der Waals surface area contributed by atoms with Crippen LogP contribution in [-0.4, -0.2) is 29.1 Å². The molecule has 3 N–H and O–H groups in total. The van der Waals surface area contributed by atoms with Crippen molar-refractivity contribution in [2.45, 2.75) is 26.0 Å². The van der Waals surface area contributed by atoms with Crippen LogP contribution in [-0.2, 0) is 12.1 Å². The van der Waals surface area contributed by atoms with Crippen molar-refractivity contribution in [3.63, 3.8) is 0 Å². The first-order valence-corrected chi connectivity index (χ1v) is 7.92. The zero-order valence-electron chi connectivity index (χ0n) is 14.4. The maximum atomic E-state index is 13.6. The first kappa shape index (κ1) is 21.3. The van der Waals surface area contributed by atoms with Crippen molar-refractivity contribution >= 4 is 29.9 Å². The van der Waals surface area contributed by atoms with Crippen LogP contribution in [0, 0.1) is 5.82 Å². The van der Waals surface area contributed by atoms with E-state index in [0.717, 1.165) is 5.56 Å². The highest BCUT2D eigenvalue weighted by Crippen LogP contribution is 2.18. The number of halogens is 2. The van der Waals surface area contributed by atoms with Gasteiger partial charge in [0.15, 0.2) is 5.96 Å². The zero-order chi connectivity index (χ0) is 17.4. The molecule has 136 valence electrons. The molecule has 2 aromatic rings. The molecule has 0 aliphatic heterocycles. The minimum Gasteiger partial charge on any atom is -0.384 e. The Morgan fingerprint density at radius 2 is 1.92 bits per heavy atom. The largest absolute Gasteiger partial charge is 0.384 e. The number of nitrogens with zero attached hydrogens (tertiary/aromatic N) is 2. The summed E-state index contributed by atoms with van der Waals surface area (Å²) in [7, 11) is 0. The van der Waals surface area contributed by atoms with Crippen LogP contribution in [0.15, 0.2) is 53.7 Å².